The Labute approximate surface area is 192 Å². The summed E-state index contributed by atoms with van der Waals surface area (Å²) >= 11 is 0. The molecular weight excluding hydrogens is 449 g/mol. The number of hydrogen-bond donors (Lipinski definition) is 1. The monoisotopic (exact) mass is 468 g/mol. The second kappa shape index (κ2) is 9.52. The number of hydrogen-bond acceptors (Lipinski definition) is 7. The van der Waals surface area contributed by atoms with Crippen molar-refractivity contribution >= 4 is 11.6 Å². The van der Waals surface area contributed by atoms with Crippen LogP contribution >= 0.6 is 0 Å². The molecule has 1 aliphatic rings. The highest BCUT2D eigenvalue weighted by Crippen LogP contribution is 2.32. The predicted molar refractivity (Wildman–Crippen MR) is 115 cm³/mol. The molecule has 174 valence electrons. The van der Waals surface area contributed by atoms with Gasteiger partial charge >= 0.3 is 6.18 Å². The molecule has 1 aliphatic heterocycles. The van der Waals surface area contributed by atoms with E-state index in [4.69, 9.17) is 4.74 Å². The fourth-order valence-electron chi connectivity index (χ4n) is 3.73. The van der Waals surface area contributed by atoms with E-state index in [1.54, 1.807) is 25.3 Å². The number of carbonyl (C=O) groups is 1. The number of carbonyl (C=O) groups excluding carboxylic acids is 1. The van der Waals surface area contributed by atoms with Crippen molar-refractivity contribution in [2.24, 2.45) is 0 Å². The van der Waals surface area contributed by atoms with Crippen molar-refractivity contribution in [1.29, 1.82) is 5.26 Å². The quantitative estimate of drug-likeness (QED) is 0.608. The molecule has 11 heteroatoms. The summed E-state index contributed by atoms with van der Waals surface area (Å²) in [7, 11) is 0. The molecule has 8 nitrogen and oxygen atoms in total. The van der Waals surface area contributed by atoms with Gasteiger partial charge in [-0.05, 0) is 38.0 Å². The van der Waals surface area contributed by atoms with Crippen LogP contribution in [-0.4, -0.2) is 39.3 Å². The van der Waals surface area contributed by atoms with Crippen molar-refractivity contribution in [2.45, 2.75) is 31.9 Å². The number of nitrogens with one attached hydrogen (secondary N) is 1. The molecule has 0 atom stereocenters. The zero-order valence-electron chi connectivity index (χ0n) is 18.1. The summed E-state index contributed by atoms with van der Waals surface area (Å²) in [5.74, 6) is -0.638. The average Bonchev–Trinajstić information content (AvgIpc) is 2.85. The summed E-state index contributed by atoms with van der Waals surface area (Å²) in [6.07, 6.45) is 0.871. The lowest BCUT2D eigenvalue weighted by Gasteiger charge is -2.22. The summed E-state index contributed by atoms with van der Waals surface area (Å²) in [6, 6.07) is 6.20. The van der Waals surface area contributed by atoms with Crippen LogP contribution < -0.4 is 5.32 Å². The average molecular weight is 468 g/mol. The van der Waals surface area contributed by atoms with Crippen LogP contribution in [-0.2, 0) is 10.9 Å². The van der Waals surface area contributed by atoms with Gasteiger partial charge in [-0.25, -0.2) is 0 Å². The minimum atomic E-state index is -4.72. The van der Waals surface area contributed by atoms with E-state index in [-0.39, 0.29) is 17.2 Å². The molecule has 3 aromatic heterocycles. The standard InChI is InChI=1S/C23H19F3N6O2/c1-13-19(16-6-15(9-27)21(29-10-16)14-2-4-34-5-3-14)8-18(12-28-13)31-22(33)17-7-20(23(24,25)26)32-30-11-17/h6-8,10-12,14H,2-5H2,1H3,(H,31,33). The first kappa shape index (κ1) is 23.3. The Bertz CT molecular complexity index is 1270. The van der Waals surface area contributed by atoms with E-state index < -0.39 is 17.8 Å². The number of nitrogens with zero attached hydrogens (tertiary/aromatic N) is 5. The van der Waals surface area contributed by atoms with Gasteiger partial charge in [0.25, 0.3) is 5.91 Å². The first-order valence-electron chi connectivity index (χ1n) is 10.4. The molecule has 0 spiro atoms. The smallest absolute Gasteiger partial charge is 0.381 e. The Balaban J connectivity index is 1.60. The molecule has 0 unspecified atom stereocenters. The maximum absolute atomic E-state index is 12.9. The fourth-order valence-corrected chi connectivity index (χ4v) is 3.73. The number of aromatic nitrogens is 4. The van der Waals surface area contributed by atoms with Crippen molar-refractivity contribution in [2.75, 3.05) is 18.5 Å². The fraction of sp³-hybridized carbons (Fsp3) is 0.304. The number of anilines is 1. The molecule has 0 bridgehead atoms. The van der Waals surface area contributed by atoms with E-state index in [0.29, 0.717) is 41.7 Å². The number of amides is 1. The Hall–Kier alpha value is -3.91. The lowest BCUT2D eigenvalue weighted by molar-refractivity contribution is -0.141. The van der Waals surface area contributed by atoms with Crippen LogP contribution in [0.1, 0.15) is 51.8 Å². The van der Waals surface area contributed by atoms with Crippen LogP contribution in [0.15, 0.2) is 36.8 Å². The van der Waals surface area contributed by atoms with Crippen molar-refractivity contribution in [3.05, 3.63) is 65.0 Å². The van der Waals surface area contributed by atoms with E-state index in [1.807, 2.05) is 0 Å². The predicted octanol–water partition coefficient (Wildman–Crippen LogP) is 4.28. The molecule has 34 heavy (non-hydrogen) atoms. The molecule has 1 amide bonds. The highest BCUT2D eigenvalue weighted by atomic mass is 19.4. The molecule has 1 fully saturated rings. The van der Waals surface area contributed by atoms with Crippen molar-refractivity contribution in [3.8, 4) is 17.2 Å². The van der Waals surface area contributed by atoms with E-state index >= 15 is 0 Å². The molecule has 0 aliphatic carbocycles. The molecule has 0 aromatic carbocycles. The molecule has 3 aromatic rings. The second-order valence-electron chi connectivity index (χ2n) is 7.79. The van der Waals surface area contributed by atoms with Crippen LogP contribution in [0.4, 0.5) is 18.9 Å². The van der Waals surface area contributed by atoms with E-state index in [9.17, 15) is 23.2 Å². The van der Waals surface area contributed by atoms with Gasteiger partial charge in [0, 0.05) is 42.1 Å². The van der Waals surface area contributed by atoms with Crippen molar-refractivity contribution in [3.63, 3.8) is 0 Å². The number of aryl methyl sites for hydroxylation is 1. The van der Waals surface area contributed by atoms with Gasteiger partial charge in [-0.3, -0.25) is 14.8 Å². The van der Waals surface area contributed by atoms with Crippen LogP contribution in [0.25, 0.3) is 11.1 Å². The molecule has 1 saturated heterocycles. The number of pyridine rings is 2. The number of alkyl halides is 3. The van der Waals surface area contributed by atoms with Gasteiger partial charge in [-0.1, -0.05) is 0 Å². The Kier molecular flexibility index (Phi) is 6.51. The number of halogens is 3. The van der Waals surface area contributed by atoms with E-state index in [2.05, 4.69) is 31.6 Å². The van der Waals surface area contributed by atoms with E-state index in [0.717, 1.165) is 24.7 Å². The molecule has 0 saturated carbocycles. The topological polar surface area (TPSA) is 114 Å². The van der Waals surface area contributed by atoms with Gasteiger partial charge in [0.15, 0.2) is 5.69 Å². The summed E-state index contributed by atoms with van der Waals surface area (Å²) in [5, 5.41) is 18.5. The zero-order chi connectivity index (χ0) is 24.3. The highest BCUT2D eigenvalue weighted by Gasteiger charge is 2.33. The third kappa shape index (κ3) is 5.02. The van der Waals surface area contributed by atoms with E-state index in [1.165, 1.54) is 6.20 Å². The van der Waals surface area contributed by atoms with Crippen LogP contribution in [0.3, 0.4) is 0 Å². The highest BCUT2D eigenvalue weighted by molar-refractivity contribution is 6.04. The van der Waals surface area contributed by atoms with Gasteiger partial charge in [0.2, 0.25) is 0 Å². The van der Waals surface area contributed by atoms with Gasteiger partial charge < -0.3 is 10.1 Å². The number of rotatable bonds is 4. The zero-order valence-corrected chi connectivity index (χ0v) is 18.1. The molecule has 4 heterocycles. The second-order valence-corrected chi connectivity index (χ2v) is 7.79. The van der Waals surface area contributed by atoms with Gasteiger partial charge in [0.1, 0.15) is 6.07 Å². The first-order valence-corrected chi connectivity index (χ1v) is 10.4. The van der Waals surface area contributed by atoms with Gasteiger partial charge in [-0.2, -0.15) is 23.5 Å². The van der Waals surface area contributed by atoms with Gasteiger partial charge in [0.05, 0.1) is 34.9 Å². The molecular formula is C23H19F3N6O2. The van der Waals surface area contributed by atoms with Crippen LogP contribution in [0.5, 0.6) is 0 Å². The Morgan fingerprint density at radius 3 is 2.62 bits per heavy atom. The molecule has 0 radical (unpaired) electrons. The normalized spacial score (nSPS) is 14.4. The summed E-state index contributed by atoms with van der Waals surface area (Å²) in [6.45, 7) is 3.02. The third-order valence-electron chi connectivity index (χ3n) is 5.51. The van der Waals surface area contributed by atoms with Gasteiger partial charge in [-0.15, -0.1) is 5.10 Å². The molecule has 1 N–H and O–H groups in total. The van der Waals surface area contributed by atoms with Crippen LogP contribution in [0.2, 0.25) is 0 Å². The minimum Gasteiger partial charge on any atom is -0.381 e. The minimum absolute atomic E-state index is 0.151. The van der Waals surface area contributed by atoms with Crippen molar-refractivity contribution < 1.29 is 22.7 Å². The first-order chi connectivity index (χ1) is 16.3. The largest absolute Gasteiger partial charge is 0.435 e. The molecule has 4 rings (SSSR count). The Morgan fingerprint density at radius 1 is 1.15 bits per heavy atom. The number of nitriles is 1. The van der Waals surface area contributed by atoms with Crippen molar-refractivity contribution in [1.82, 2.24) is 20.2 Å². The Morgan fingerprint density at radius 2 is 1.91 bits per heavy atom. The third-order valence-corrected chi connectivity index (χ3v) is 5.51. The lowest BCUT2D eigenvalue weighted by Crippen LogP contribution is -2.16. The summed E-state index contributed by atoms with van der Waals surface area (Å²) < 4.78 is 44.0. The summed E-state index contributed by atoms with van der Waals surface area (Å²) in [4.78, 5) is 21.3. The maximum atomic E-state index is 12.9. The lowest BCUT2D eigenvalue weighted by atomic mass is 9.91. The maximum Gasteiger partial charge on any atom is 0.435 e. The van der Waals surface area contributed by atoms with Crippen LogP contribution in [0, 0.1) is 18.3 Å². The summed E-state index contributed by atoms with van der Waals surface area (Å²) in [5.41, 5.74) is 1.80. The number of ether oxygens (including phenoxy) is 1. The SMILES string of the molecule is Cc1ncc(NC(=O)c2cnnc(C(F)(F)F)c2)cc1-c1cnc(C2CCOCC2)c(C#N)c1.